The standard InChI is InChI=1S/C25H31NO4.C16H28BNO4.C15H15BrO2/c1-25(2,3)30-24(27)26-14-10-18(11-15-26)20-8-9-23(22-7-5-4-6-21(20)22)29-19-12-16-28-17-13-19;1-14(2,3)20-13(19)18-10-8-12(9-11-18)17-21-15(4,5)16(6,7)22-17;16-14-5-6-15(13-4-2-1-3-12(13)14)18-11-7-9-17-10-8-11/h4-10,19H,11-17H2,1-3H3;8H,9-11H2,1-7H3;1-6,11H,7-10H2. The molecule has 3 fully saturated rings. The normalized spacial score (nSPS) is 19.8. The summed E-state index contributed by atoms with van der Waals surface area (Å²) in [5.41, 5.74) is 1.99. The number of carbonyl (C=O) groups excluding carboxylic acids is 2. The van der Waals surface area contributed by atoms with Crippen LogP contribution < -0.4 is 9.47 Å². The lowest BCUT2D eigenvalue weighted by Gasteiger charge is -2.32. The molecule has 2 amide bonds. The Morgan fingerprint density at radius 2 is 1.04 bits per heavy atom. The number of hydrogen-bond donors (Lipinski definition) is 0. The van der Waals surface area contributed by atoms with Gasteiger partial charge in [0.05, 0.1) is 37.6 Å². The summed E-state index contributed by atoms with van der Waals surface area (Å²) in [6, 6.07) is 25.1. The van der Waals surface area contributed by atoms with Gasteiger partial charge in [-0.1, -0.05) is 82.7 Å². The first-order chi connectivity index (χ1) is 33.2. The Morgan fingerprint density at radius 3 is 1.50 bits per heavy atom. The maximum Gasteiger partial charge on any atom is 0.490 e. The summed E-state index contributed by atoms with van der Waals surface area (Å²) in [7, 11) is -0.314. The van der Waals surface area contributed by atoms with Gasteiger partial charge in [-0.05, 0) is 128 Å². The van der Waals surface area contributed by atoms with Crippen LogP contribution in [0.3, 0.4) is 0 Å². The van der Waals surface area contributed by atoms with Gasteiger partial charge in [-0.3, -0.25) is 0 Å². The van der Waals surface area contributed by atoms with Crippen LogP contribution in [-0.2, 0) is 28.3 Å². The van der Waals surface area contributed by atoms with Crippen LogP contribution in [0.25, 0.3) is 27.1 Å². The Bertz CT molecular complexity index is 2480. The molecule has 0 N–H and O–H groups in total. The van der Waals surface area contributed by atoms with Crippen molar-refractivity contribution < 1.29 is 47.3 Å². The van der Waals surface area contributed by atoms with E-state index in [4.69, 9.17) is 37.7 Å². The predicted molar refractivity (Wildman–Crippen MR) is 282 cm³/mol. The SMILES string of the molecule is Brc1ccc(OC2CCOCC2)c2ccccc12.CC(C)(C)OC(=O)N1CC=C(B2OC(C)(C)C(C)(C)O2)CC1.CC(C)(C)OC(=O)N1CC=C(c2ccc(OC3CCOCC3)c3ccccc23)CC1. The summed E-state index contributed by atoms with van der Waals surface area (Å²) in [5, 5.41) is 4.69. The molecule has 0 atom stereocenters. The first-order valence-corrected chi connectivity index (χ1v) is 25.8. The first kappa shape index (κ1) is 53.2. The van der Waals surface area contributed by atoms with Crippen LogP contribution in [0.1, 0.15) is 113 Å². The molecule has 0 unspecified atom stereocenters. The van der Waals surface area contributed by atoms with Gasteiger partial charge in [-0.15, -0.1) is 0 Å². The van der Waals surface area contributed by atoms with Crippen LogP contribution in [0.4, 0.5) is 9.59 Å². The molecule has 5 aliphatic rings. The lowest BCUT2D eigenvalue weighted by atomic mass is 9.75. The zero-order chi connectivity index (χ0) is 50.3. The van der Waals surface area contributed by atoms with Crippen molar-refractivity contribution in [2.24, 2.45) is 0 Å². The maximum atomic E-state index is 12.4. The smallest absolute Gasteiger partial charge is 0.490 e. The Balaban J connectivity index is 0.000000160. The molecule has 378 valence electrons. The molecule has 12 nitrogen and oxygen atoms in total. The molecule has 70 heavy (non-hydrogen) atoms. The third-order valence-electron chi connectivity index (χ3n) is 13.3. The van der Waals surface area contributed by atoms with Crippen molar-refractivity contribution in [2.45, 2.75) is 142 Å². The lowest BCUT2D eigenvalue weighted by Crippen LogP contribution is -2.41. The summed E-state index contributed by atoms with van der Waals surface area (Å²) in [4.78, 5) is 27.9. The molecule has 4 aromatic rings. The minimum Gasteiger partial charge on any atom is -0.490 e. The molecule has 5 heterocycles. The van der Waals surface area contributed by atoms with E-state index in [-0.39, 0.29) is 42.7 Å². The highest BCUT2D eigenvalue weighted by atomic mass is 79.9. The largest absolute Gasteiger partial charge is 0.490 e. The van der Waals surface area contributed by atoms with Crippen molar-refractivity contribution >= 4 is 62.4 Å². The third-order valence-corrected chi connectivity index (χ3v) is 14.0. The topological polar surface area (TPSA) is 114 Å². The van der Waals surface area contributed by atoms with Crippen LogP contribution in [0.15, 0.2) is 94.9 Å². The summed E-state index contributed by atoms with van der Waals surface area (Å²) >= 11 is 3.58. The van der Waals surface area contributed by atoms with E-state index in [9.17, 15) is 9.59 Å². The van der Waals surface area contributed by atoms with E-state index < -0.39 is 11.2 Å². The second kappa shape index (κ2) is 22.9. The molecule has 3 saturated heterocycles. The van der Waals surface area contributed by atoms with E-state index in [1.165, 1.54) is 27.3 Å². The zero-order valence-corrected chi connectivity index (χ0v) is 44.7. The molecule has 0 saturated carbocycles. The molecule has 5 aliphatic heterocycles. The fourth-order valence-corrected chi connectivity index (χ4v) is 9.21. The Hall–Kier alpha value is -4.60. The van der Waals surface area contributed by atoms with Crippen LogP contribution in [0.2, 0.25) is 0 Å². The zero-order valence-electron chi connectivity index (χ0n) is 43.1. The average molecular weight is 1030 g/mol. The lowest BCUT2D eigenvalue weighted by molar-refractivity contribution is 0.00578. The van der Waals surface area contributed by atoms with Crippen molar-refractivity contribution in [1.82, 2.24) is 9.80 Å². The molecule has 0 bridgehead atoms. The number of amides is 2. The first-order valence-electron chi connectivity index (χ1n) is 25.0. The van der Waals surface area contributed by atoms with Gasteiger partial charge >= 0.3 is 19.3 Å². The number of fused-ring (bicyclic) bond motifs is 2. The second-order valence-corrected chi connectivity index (χ2v) is 22.4. The molecule has 9 rings (SSSR count). The van der Waals surface area contributed by atoms with Gasteiger partial charge in [0, 0.05) is 67.1 Å². The van der Waals surface area contributed by atoms with E-state index in [1.54, 1.807) is 9.80 Å². The van der Waals surface area contributed by atoms with E-state index in [0.29, 0.717) is 26.2 Å². The molecule has 14 heteroatoms. The molecular formula is C56H74BBrN2O10. The molecule has 0 spiro atoms. The Kier molecular flexibility index (Phi) is 17.4. The third kappa shape index (κ3) is 14.1. The van der Waals surface area contributed by atoms with Crippen molar-refractivity contribution in [3.63, 3.8) is 0 Å². The summed E-state index contributed by atoms with van der Waals surface area (Å²) in [5.74, 6) is 1.91. The molecule has 0 radical (unpaired) electrons. The van der Waals surface area contributed by atoms with Gasteiger partial charge in [0.1, 0.15) is 34.9 Å². The number of ether oxygens (including phenoxy) is 6. The van der Waals surface area contributed by atoms with Crippen LogP contribution in [0, 0.1) is 0 Å². The second-order valence-electron chi connectivity index (χ2n) is 21.6. The Morgan fingerprint density at radius 1 is 0.600 bits per heavy atom. The van der Waals surface area contributed by atoms with Gasteiger partial charge in [-0.25, -0.2) is 9.59 Å². The summed E-state index contributed by atoms with van der Waals surface area (Å²) in [6.45, 7) is 25.0. The number of nitrogens with zero attached hydrogens (tertiary/aromatic N) is 2. The van der Waals surface area contributed by atoms with E-state index in [2.05, 4.69) is 76.6 Å². The highest BCUT2D eigenvalue weighted by molar-refractivity contribution is 9.10. The van der Waals surface area contributed by atoms with Crippen LogP contribution in [-0.4, -0.2) is 116 Å². The average Bonchev–Trinajstić information content (AvgIpc) is 3.55. The fraction of sp³-hybridized carbons (Fsp3) is 0.536. The van der Waals surface area contributed by atoms with E-state index >= 15 is 0 Å². The highest BCUT2D eigenvalue weighted by Gasteiger charge is 2.52. The van der Waals surface area contributed by atoms with Gasteiger partial charge in [0.25, 0.3) is 0 Å². The van der Waals surface area contributed by atoms with Gasteiger partial charge in [0.15, 0.2) is 0 Å². The van der Waals surface area contributed by atoms with Crippen LogP contribution in [0.5, 0.6) is 11.5 Å². The molecule has 0 aliphatic carbocycles. The number of hydrogen-bond acceptors (Lipinski definition) is 10. The van der Waals surface area contributed by atoms with Crippen molar-refractivity contribution in [2.75, 3.05) is 52.6 Å². The van der Waals surface area contributed by atoms with Crippen LogP contribution >= 0.6 is 15.9 Å². The van der Waals surface area contributed by atoms with E-state index in [1.807, 2.05) is 93.5 Å². The minimum atomic E-state index is -0.475. The number of carbonyl (C=O) groups is 2. The van der Waals surface area contributed by atoms with Gasteiger partial charge in [0.2, 0.25) is 0 Å². The number of benzene rings is 4. The highest BCUT2D eigenvalue weighted by Crippen LogP contribution is 2.40. The number of rotatable bonds is 6. The van der Waals surface area contributed by atoms with Gasteiger partial charge in [-0.2, -0.15) is 0 Å². The molecule has 4 aromatic carbocycles. The molecule has 0 aromatic heterocycles. The van der Waals surface area contributed by atoms with E-state index in [0.717, 1.165) is 91.8 Å². The Labute approximate surface area is 424 Å². The minimum absolute atomic E-state index is 0.212. The predicted octanol–water partition coefficient (Wildman–Crippen LogP) is 12.8. The summed E-state index contributed by atoms with van der Waals surface area (Å²) < 4.78 is 47.4. The van der Waals surface area contributed by atoms with Crippen molar-refractivity contribution in [3.05, 3.63) is 100 Å². The quantitative estimate of drug-likeness (QED) is 0.173. The fourth-order valence-electron chi connectivity index (χ4n) is 8.73. The van der Waals surface area contributed by atoms with Gasteiger partial charge < -0.3 is 47.5 Å². The van der Waals surface area contributed by atoms with Crippen molar-refractivity contribution in [1.29, 1.82) is 0 Å². The maximum absolute atomic E-state index is 12.4. The monoisotopic (exact) mass is 1020 g/mol. The summed E-state index contributed by atoms with van der Waals surface area (Å²) in [6.07, 6.45) is 9.52. The van der Waals surface area contributed by atoms with Crippen molar-refractivity contribution in [3.8, 4) is 11.5 Å². The number of halogens is 1. The molecular weight excluding hydrogens is 951 g/mol.